The molecule has 3 N–H and O–H groups in total. The number of amides is 2. The Balaban J connectivity index is 1.64. The molecule has 148 valence electrons. The molecule has 0 bridgehead atoms. The Bertz CT molecular complexity index is 1240. The summed E-state index contributed by atoms with van der Waals surface area (Å²) in [6.45, 7) is 2.32. The highest BCUT2D eigenvalue weighted by Crippen LogP contribution is 2.34. The molecule has 1 fully saturated rings. The molecule has 29 heavy (non-hydrogen) atoms. The van der Waals surface area contributed by atoms with Crippen molar-refractivity contribution in [3.05, 3.63) is 68.5 Å². The van der Waals surface area contributed by atoms with Crippen LogP contribution >= 0.6 is 0 Å². The lowest BCUT2D eigenvalue weighted by Gasteiger charge is -2.10. The Morgan fingerprint density at radius 1 is 1.17 bits per heavy atom. The maximum atomic E-state index is 12.6. The fourth-order valence-electron chi connectivity index (χ4n) is 3.14. The Morgan fingerprint density at radius 2 is 1.97 bits per heavy atom. The van der Waals surface area contributed by atoms with E-state index in [1.807, 2.05) is 6.92 Å². The van der Waals surface area contributed by atoms with Crippen molar-refractivity contribution >= 4 is 28.5 Å². The third kappa shape index (κ3) is 3.66. The summed E-state index contributed by atoms with van der Waals surface area (Å²) in [5, 5.41) is 5.58. The first kappa shape index (κ1) is 18.6. The van der Waals surface area contributed by atoms with E-state index in [1.54, 1.807) is 24.3 Å². The van der Waals surface area contributed by atoms with E-state index in [1.165, 1.54) is 16.8 Å². The number of hydrogen-bond acceptors (Lipinski definition) is 5. The molecule has 1 aliphatic carbocycles. The number of nitrogens with zero attached hydrogens (tertiary/aromatic N) is 2. The summed E-state index contributed by atoms with van der Waals surface area (Å²) in [4.78, 5) is 55.4. The lowest BCUT2D eigenvalue weighted by molar-refractivity contribution is 0.0954. The van der Waals surface area contributed by atoms with Crippen molar-refractivity contribution in [2.45, 2.75) is 25.8 Å². The van der Waals surface area contributed by atoms with Gasteiger partial charge in [0, 0.05) is 30.0 Å². The zero-order valence-electron chi connectivity index (χ0n) is 15.7. The summed E-state index contributed by atoms with van der Waals surface area (Å²) >= 11 is 0. The third-order valence-electron chi connectivity index (χ3n) is 4.67. The van der Waals surface area contributed by atoms with Gasteiger partial charge >= 0.3 is 5.69 Å². The average molecular weight is 393 g/mol. The van der Waals surface area contributed by atoms with Crippen molar-refractivity contribution in [2.24, 2.45) is 0 Å². The molecule has 1 aliphatic rings. The van der Waals surface area contributed by atoms with Crippen molar-refractivity contribution < 1.29 is 9.59 Å². The topological polar surface area (TPSA) is 126 Å². The van der Waals surface area contributed by atoms with Crippen molar-refractivity contribution in [3.8, 4) is 0 Å². The van der Waals surface area contributed by atoms with E-state index in [2.05, 4.69) is 20.6 Å². The molecule has 2 aromatic heterocycles. The smallest absolute Gasteiger partial charge is 0.330 e. The number of aromatic nitrogens is 3. The fourth-order valence-corrected chi connectivity index (χ4v) is 3.14. The number of pyridine rings is 1. The summed E-state index contributed by atoms with van der Waals surface area (Å²) in [5.74, 6) is -0.712. The second kappa shape index (κ2) is 7.34. The van der Waals surface area contributed by atoms with Crippen molar-refractivity contribution in [1.29, 1.82) is 0 Å². The van der Waals surface area contributed by atoms with E-state index in [0.29, 0.717) is 17.8 Å². The zero-order chi connectivity index (χ0) is 20.5. The maximum absolute atomic E-state index is 12.6. The number of fused-ring (bicyclic) bond motifs is 1. The van der Waals surface area contributed by atoms with Gasteiger partial charge in [-0.25, -0.2) is 9.78 Å². The van der Waals surface area contributed by atoms with Gasteiger partial charge in [0.05, 0.1) is 10.9 Å². The molecule has 4 rings (SSSR count). The lowest BCUT2D eigenvalue weighted by atomic mass is 10.1. The minimum Gasteiger partial charge on any atom is -0.352 e. The second-order valence-corrected chi connectivity index (χ2v) is 6.85. The monoisotopic (exact) mass is 393 g/mol. The molecule has 0 aliphatic heterocycles. The molecule has 0 spiro atoms. The van der Waals surface area contributed by atoms with Crippen LogP contribution in [0.2, 0.25) is 0 Å². The summed E-state index contributed by atoms with van der Waals surface area (Å²) in [5.41, 5.74) is 0.240. The van der Waals surface area contributed by atoms with Gasteiger partial charge in [-0.1, -0.05) is 6.07 Å². The molecule has 1 saturated carbocycles. The minimum absolute atomic E-state index is 0.0334. The minimum atomic E-state index is -0.581. The van der Waals surface area contributed by atoms with E-state index in [0.717, 1.165) is 12.8 Å². The Labute approximate surface area is 164 Å². The fraction of sp³-hybridized carbons (Fsp3) is 0.250. The van der Waals surface area contributed by atoms with Crippen LogP contribution < -0.4 is 21.9 Å². The number of carbonyl (C=O) groups excluding carboxylic acids is 2. The number of nitrogens with one attached hydrogen (secondary N) is 3. The second-order valence-electron chi connectivity index (χ2n) is 6.85. The first-order valence-electron chi connectivity index (χ1n) is 9.32. The molecule has 0 atom stereocenters. The van der Waals surface area contributed by atoms with Crippen LogP contribution in [0.25, 0.3) is 11.0 Å². The molecule has 9 nitrogen and oxygen atoms in total. The predicted octanol–water partition coefficient (Wildman–Crippen LogP) is 1.42. The number of benzene rings is 1. The van der Waals surface area contributed by atoms with Crippen molar-refractivity contribution in [1.82, 2.24) is 19.9 Å². The number of anilines is 1. The van der Waals surface area contributed by atoms with Crippen LogP contribution in [-0.2, 0) is 0 Å². The Kier molecular flexibility index (Phi) is 4.71. The summed E-state index contributed by atoms with van der Waals surface area (Å²) in [6.07, 6.45) is 3.04. The van der Waals surface area contributed by atoms with Crippen LogP contribution in [0, 0.1) is 0 Å². The SMILES string of the molecule is CCNC(=O)c1cccc(NC(=O)c2cnc3c(c2)c(=O)[nH]c(=O)n3C2CC2)c1. The number of hydrogen-bond donors (Lipinski definition) is 3. The molecule has 9 heteroatoms. The van der Waals surface area contributed by atoms with Crippen molar-refractivity contribution in [2.75, 3.05) is 11.9 Å². The third-order valence-corrected chi connectivity index (χ3v) is 4.67. The Hall–Kier alpha value is -3.75. The van der Waals surface area contributed by atoms with Crippen LogP contribution in [0.5, 0.6) is 0 Å². The molecule has 0 radical (unpaired) electrons. The average Bonchev–Trinajstić information content (AvgIpc) is 3.53. The maximum Gasteiger partial charge on any atom is 0.330 e. The van der Waals surface area contributed by atoms with Crippen LogP contribution in [0.4, 0.5) is 5.69 Å². The van der Waals surface area contributed by atoms with Gasteiger partial charge in [0.15, 0.2) is 0 Å². The highest BCUT2D eigenvalue weighted by molar-refractivity contribution is 6.06. The molecule has 1 aromatic carbocycles. The largest absolute Gasteiger partial charge is 0.352 e. The van der Waals surface area contributed by atoms with E-state index < -0.39 is 17.2 Å². The molecule has 2 heterocycles. The predicted molar refractivity (Wildman–Crippen MR) is 107 cm³/mol. The first-order valence-corrected chi connectivity index (χ1v) is 9.32. The molecular formula is C20H19N5O4. The van der Waals surface area contributed by atoms with Gasteiger partial charge in [0.25, 0.3) is 17.4 Å². The molecule has 0 unspecified atom stereocenters. The van der Waals surface area contributed by atoms with E-state index in [4.69, 9.17) is 0 Å². The van der Waals surface area contributed by atoms with Gasteiger partial charge in [-0.15, -0.1) is 0 Å². The zero-order valence-corrected chi connectivity index (χ0v) is 15.7. The lowest BCUT2D eigenvalue weighted by Crippen LogP contribution is -2.30. The van der Waals surface area contributed by atoms with Gasteiger partial charge < -0.3 is 10.6 Å². The van der Waals surface area contributed by atoms with Gasteiger partial charge in [-0.2, -0.15) is 0 Å². The number of H-pyrrole nitrogens is 1. The summed E-state index contributed by atoms with van der Waals surface area (Å²) < 4.78 is 1.47. The summed E-state index contributed by atoms with van der Waals surface area (Å²) in [6, 6.07) is 7.99. The number of aromatic amines is 1. The standard InChI is InChI=1S/C20H19N5O4/c1-2-21-17(26)11-4-3-5-13(8-11)23-18(27)12-9-15-16(22-10-12)25(14-6-7-14)20(29)24-19(15)28/h3-5,8-10,14H,2,6-7H2,1H3,(H,21,26)(H,23,27)(H,24,28,29). The van der Waals surface area contributed by atoms with Gasteiger partial charge in [-0.3, -0.25) is 23.9 Å². The van der Waals surface area contributed by atoms with Gasteiger partial charge in [0.1, 0.15) is 5.65 Å². The summed E-state index contributed by atoms with van der Waals surface area (Å²) in [7, 11) is 0. The molecule has 3 aromatic rings. The van der Waals surface area contributed by atoms with Gasteiger partial charge in [-0.05, 0) is 44.0 Å². The normalized spacial score (nSPS) is 13.3. The highest BCUT2D eigenvalue weighted by atomic mass is 16.2. The molecule has 0 saturated heterocycles. The highest BCUT2D eigenvalue weighted by Gasteiger charge is 2.27. The van der Waals surface area contributed by atoms with Crippen LogP contribution in [-0.4, -0.2) is 32.9 Å². The number of carbonyl (C=O) groups is 2. The molecule has 2 amide bonds. The quantitative estimate of drug-likeness (QED) is 0.604. The van der Waals surface area contributed by atoms with E-state index in [9.17, 15) is 19.2 Å². The van der Waals surface area contributed by atoms with Gasteiger partial charge in [0.2, 0.25) is 0 Å². The van der Waals surface area contributed by atoms with E-state index in [-0.39, 0.29) is 28.5 Å². The van der Waals surface area contributed by atoms with Crippen LogP contribution in [0.15, 0.2) is 46.1 Å². The molecular weight excluding hydrogens is 374 g/mol. The number of rotatable bonds is 5. The Morgan fingerprint density at radius 3 is 2.69 bits per heavy atom. The first-order chi connectivity index (χ1) is 14.0. The van der Waals surface area contributed by atoms with Crippen LogP contribution in [0.3, 0.4) is 0 Å². The van der Waals surface area contributed by atoms with E-state index >= 15 is 0 Å². The van der Waals surface area contributed by atoms with Crippen molar-refractivity contribution in [3.63, 3.8) is 0 Å². The van der Waals surface area contributed by atoms with Crippen LogP contribution in [0.1, 0.15) is 46.5 Å².